The summed E-state index contributed by atoms with van der Waals surface area (Å²) in [5, 5.41) is 2.90. The lowest BCUT2D eigenvalue weighted by Gasteiger charge is -2.11. The molecular weight excluding hydrogens is 256 g/mol. The normalized spacial score (nSPS) is 18.1. The molecule has 6 heteroatoms. The van der Waals surface area contributed by atoms with Gasteiger partial charge in [-0.25, -0.2) is 9.97 Å². The van der Waals surface area contributed by atoms with E-state index in [0.717, 1.165) is 19.4 Å². The van der Waals surface area contributed by atoms with E-state index in [1.165, 1.54) is 0 Å². The zero-order valence-electron chi connectivity index (χ0n) is 11.0. The van der Waals surface area contributed by atoms with Crippen LogP contribution in [0.3, 0.4) is 0 Å². The quantitative estimate of drug-likeness (QED) is 0.907. The van der Waals surface area contributed by atoms with Crippen molar-refractivity contribution in [1.29, 1.82) is 0 Å². The second kappa shape index (κ2) is 5.83. The molecule has 3 rings (SSSR count). The molecule has 0 spiro atoms. The van der Waals surface area contributed by atoms with Crippen molar-refractivity contribution in [2.24, 2.45) is 0 Å². The Labute approximate surface area is 116 Å². The molecule has 1 aliphatic heterocycles. The lowest BCUT2D eigenvalue weighted by molar-refractivity contribution is 0.0857. The topological polar surface area (TPSA) is 69.0 Å². The van der Waals surface area contributed by atoms with E-state index in [1.54, 1.807) is 41.6 Å². The summed E-state index contributed by atoms with van der Waals surface area (Å²) in [5.74, 6) is 0.566. The van der Waals surface area contributed by atoms with Crippen molar-refractivity contribution in [2.75, 3.05) is 13.2 Å². The summed E-state index contributed by atoms with van der Waals surface area (Å²) < 4.78 is 7.24. The minimum Gasteiger partial charge on any atom is -0.376 e. The number of imidazole rings is 1. The van der Waals surface area contributed by atoms with Gasteiger partial charge in [-0.1, -0.05) is 0 Å². The summed E-state index contributed by atoms with van der Waals surface area (Å²) in [4.78, 5) is 20.3. The Morgan fingerprint density at radius 2 is 2.45 bits per heavy atom. The maximum Gasteiger partial charge on any atom is 0.251 e. The molecule has 0 aliphatic carbocycles. The number of aromatic nitrogens is 3. The van der Waals surface area contributed by atoms with E-state index < -0.39 is 0 Å². The maximum atomic E-state index is 12.1. The van der Waals surface area contributed by atoms with Gasteiger partial charge in [0.15, 0.2) is 0 Å². The average molecular weight is 272 g/mol. The van der Waals surface area contributed by atoms with Crippen molar-refractivity contribution in [3.63, 3.8) is 0 Å². The molecule has 2 aromatic rings. The van der Waals surface area contributed by atoms with E-state index in [0.29, 0.717) is 17.9 Å². The van der Waals surface area contributed by atoms with Crippen LogP contribution in [0.15, 0.2) is 37.1 Å². The molecule has 1 saturated heterocycles. The second-order valence-corrected chi connectivity index (χ2v) is 4.72. The molecule has 0 saturated carbocycles. The van der Waals surface area contributed by atoms with Gasteiger partial charge in [0.25, 0.3) is 5.91 Å². The zero-order valence-corrected chi connectivity index (χ0v) is 11.0. The first kappa shape index (κ1) is 12.8. The summed E-state index contributed by atoms with van der Waals surface area (Å²) in [6, 6.07) is 3.44. The van der Waals surface area contributed by atoms with Crippen molar-refractivity contribution in [3.8, 4) is 5.82 Å². The number of hydrogen-bond donors (Lipinski definition) is 1. The van der Waals surface area contributed by atoms with Crippen molar-refractivity contribution in [3.05, 3.63) is 42.6 Å². The summed E-state index contributed by atoms with van der Waals surface area (Å²) in [5.41, 5.74) is 0.585. The standard InChI is InChI=1S/C14H16N4O2/c19-14(17-9-12-2-1-7-20-12)11-3-4-16-13(8-11)18-6-5-15-10-18/h3-6,8,10,12H,1-2,7,9H2,(H,17,19). The van der Waals surface area contributed by atoms with Crippen LogP contribution in [0.2, 0.25) is 0 Å². The van der Waals surface area contributed by atoms with Crippen LogP contribution < -0.4 is 5.32 Å². The highest BCUT2D eigenvalue weighted by Crippen LogP contribution is 2.11. The first-order valence-electron chi connectivity index (χ1n) is 6.67. The van der Waals surface area contributed by atoms with E-state index in [4.69, 9.17) is 4.74 Å². The second-order valence-electron chi connectivity index (χ2n) is 4.72. The predicted molar refractivity (Wildman–Crippen MR) is 72.7 cm³/mol. The number of rotatable bonds is 4. The van der Waals surface area contributed by atoms with E-state index in [1.807, 2.05) is 0 Å². The number of nitrogens with zero attached hydrogens (tertiary/aromatic N) is 3. The Bertz CT molecular complexity index is 577. The maximum absolute atomic E-state index is 12.1. The Morgan fingerprint density at radius 3 is 3.20 bits per heavy atom. The van der Waals surface area contributed by atoms with Crippen LogP contribution >= 0.6 is 0 Å². The van der Waals surface area contributed by atoms with Gasteiger partial charge in [-0.15, -0.1) is 0 Å². The monoisotopic (exact) mass is 272 g/mol. The fourth-order valence-electron chi connectivity index (χ4n) is 2.21. The Balaban J connectivity index is 1.66. The molecule has 1 unspecified atom stereocenters. The molecule has 2 aromatic heterocycles. The van der Waals surface area contributed by atoms with Gasteiger partial charge < -0.3 is 10.1 Å². The lowest BCUT2D eigenvalue weighted by atomic mass is 10.2. The molecule has 1 atom stereocenters. The van der Waals surface area contributed by atoms with Crippen molar-refractivity contribution < 1.29 is 9.53 Å². The van der Waals surface area contributed by atoms with Crippen LogP contribution in [-0.2, 0) is 4.74 Å². The number of amides is 1. The molecule has 3 heterocycles. The highest BCUT2D eigenvalue weighted by atomic mass is 16.5. The van der Waals surface area contributed by atoms with E-state index in [2.05, 4.69) is 15.3 Å². The van der Waals surface area contributed by atoms with Gasteiger partial charge in [0.1, 0.15) is 12.1 Å². The molecule has 20 heavy (non-hydrogen) atoms. The van der Waals surface area contributed by atoms with Crippen LogP contribution in [0, 0.1) is 0 Å². The number of ether oxygens (including phenoxy) is 1. The number of nitrogens with one attached hydrogen (secondary N) is 1. The number of carbonyl (C=O) groups is 1. The van der Waals surface area contributed by atoms with Crippen molar-refractivity contribution in [2.45, 2.75) is 18.9 Å². The van der Waals surface area contributed by atoms with E-state index in [9.17, 15) is 4.79 Å². The highest BCUT2D eigenvalue weighted by molar-refractivity contribution is 5.94. The number of pyridine rings is 1. The fraction of sp³-hybridized carbons (Fsp3) is 0.357. The summed E-state index contributed by atoms with van der Waals surface area (Å²) in [6.45, 7) is 1.35. The van der Waals surface area contributed by atoms with Gasteiger partial charge in [-0.05, 0) is 25.0 Å². The number of hydrogen-bond acceptors (Lipinski definition) is 4. The van der Waals surface area contributed by atoms with E-state index >= 15 is 0 Å². The molecule has 0 aromatic carbocycles. The molecule has 1 amide bonds. The van der Waals surface area contributed by atoms with Gasteiger partial charge in [0.2, 0.25) is 0 Å². The number of carbonyl (C=O) groups excluding carboxylic acids is 1. The van der Waals surface area contributed by atoms with Gasteiger partial charge >= 0.3 is 0 Å². The van der Waals surface area contributed by atoms with E-state index in [-0.39, 0.29) is 12.0 Å². The van der Waals surface area contributed by atoms with Crippen LogP contribution in [0.4, 0.5) is 0 Å². The molecule has 104 valence electrons. The highest BCUT2D eigenvalue weighted by Gasteiger charge is 2.16. The van der Waals surface area contributed by atoms with Crippen molar-refractivity contribution >= 4 is 5.91 Å². The molecule has 1 aliphatic rings. The average Bonchev–Trinajstić information content (AvgIpc) is 3.18. The van der Waals surface area contributed by atoms with Crippen LogP contribution in [0.25, 0.3) is 5.82 Å². The first-order valence-corrected chi connectivity index (χ1v) is 6.67. The van der Waals surface area contributed by atoms with Gasteiger partial charge in [-0.2, -0.15) is 0 Å². The summed E-state index contributed by atoms with van der Waals surface area (Å²) in [6.07, 6.45) is 8.96. The Kier molecular flexibility index (Phi) is 3.73. The predicted octanol–water partition coefficient (Wildman–Crippen LogP) is 1.18. The Hall–Kier alpha value is -2.21. The van der Waals surface area contributed by atoms with Crippen LogP contribution in [0.1, 0.15) is 23.2 Å². The van der Waals surface area contributed by atoms with Crippen LogP contribution in [0.5, 0.6) is 0 Å². The molecule has 6 nitrogen and oxygen atoms in total. The summed E-state index contributed by atoms with van der Waals surface area (Å²) in [7, 11) is 0. The lowest BCUT2D eigenvalue weighted by Crippen LogP contribution is -2.31. The summed E-state index contributed by atoms with van der Waals surface area (Å²) >= 11 is 0. The minimum absolute atomic E-state index is 0.107. The zero-order chi connectivity index (χ0) is 13.8. The molecule has 0 radical (unpaired) electrons. The molecule has 1 fully saturated rings. The van der Waals surface area contributed by atoms with Crippen molar-refractivity contribution in [1.82, 2.24) is 19.9 Å². The third kappa shape index (κ3) is 2.85. The first-order chi connectivity index (χ1) is 9.83. The van der Waals surface area contributed by atoms with Gasteiger partial charge in [-0.3, -0.25) is 9.36 Å². The SMILES string of the molecule is O=C(NCC1CCCO1)c1ccnc(-n2ccnc2)c1. The van der Waals surface area contributed by atoms with Crippen LogP contribution in [-0.4, -0.2) is 39.7 Å². The third-order valence-corrected chi connectivity index (χ3v) is 3.29. The fourth-order valence-corrected chi connectivity index (χ4v) is 2.21. The molecule has 0 bridgehead atoms. The largest absolute Gasteiger partial charge is 0.376 e. The smallest absolute Gasteiger partial charge is 0.251 e. The molecule has 1 N–H and O–H groups in total. The van der Waals surface area contributed by atoms with Gasteiger partial charge in [0, 0.05) is 37.3 Å². The third-order valence-electron chi connectivity index (χ3n) is 3.29. The molecular formula is C14H16N4O2. The minimum atomic E-state index is -0.107. The van der Waals surface area contributed by atoms with Gasteiger partial charge in [0.05, 0.1) is 6.10 Å². The Morgan fingerprint density at radius 1 is 1.50 bits per heavy atom.